The lowest BCUT2D eigenvalue weighted by atomic mass is 9.90. The Hall–Kier alpha value is -3.52. The van der Waals surface area contributed by atoms with Crippen LogP contribution in [0.2, 0.25) is 5.02 Å². The summed E-state index contributed by atoms with van der Waals surface area (Å²) in [6.45, 7) is -0.516. The van der Waals surface area contributed by atoms with Crippen LogP contribution < -0.4 is 5.32 Å². The molecule has 0 atom stereocenters. The van der Waals surface area contributed by atoms with Crippen LogP contribution in [-0.4, -0.2) is 28.4 Å². The Balaban J connectivity index is 1.51. The molecule has 4 rings (SSSR count). The lowest BCUT2D eigenvalue weighted by molar-refractivity contribution is -0.384. The monoisotopic (exact) mass is 439 g/mol. The molecule has 0 radical (unpaired) electrons. The first kappa shape index (κ1) is 20.7. The SMILES string of the molecule is O=C(COC(=O)c1c2c(nc3ccccc13)CCCC2)Nc1ccc([N+](=O)[O-])cc1Cl. The second-order valence-corrected chi connectivity index (χ2v) is 7.59. The lowest BCUT2D eigenvalue weighted by Crippen LogP contribution is -2.22. The van der Waals surface area contributed by atoms with Crippen molar-refractivity contribution in [1.82, 2.24) is 4.98 Å². The van der Waals surface area contributed by atoms with Crippen molar-refractivity contribution in [2.24, 2.45) is 0 Å². The number of benzene rings is 2. The summed E-state index contributed by atoms with van der Waals surface area (Å²) in [6, 6.07) is 11.1. The van der Waals surface area contributed by atoms with Gasteiger partial charge in [-0.2, -0.15) is 0 Å². The third-order valence-corrected chi connectivity index (χ3v) is 5.46. The molecule has 3 aromatic rings. The van der Waals surface area contributed by atoms with E-state index in [4.69, 9.17) is 16.3 Å². The summed E-state index contributed by atoms with van der Waals surface area (Å²) in [5.41, 5.74) is 2.97. The summed E-state index contributed by atoms with van der Waals surface area (Å²) >= 11 is 5.99. The number of carbonyl (C=O) groups excluding carboxylic acids is 2. The van der Waals surface area contributed by atoms with Crippen LogP contribution in [0.25, 0.3) is 10.9 Å². The smallest absolute Gasteiger partial charge is 0.339 e. The van der Waals surface area contributed by atoms with Gasteiger partial charge in [-0.3, -0.25) is 19.9 Å². The molecule has 0 unspecified atom stereocenters. The largest absolute Gasteiger partial charge is 0.452 e. The molecule has 31 heavy (non-hydrogen) atoms. The number of non-ortho nitro benzene ring substituents is 1. The molecule has 9 heteroatoms. The number of amides is 1. The number of aryl methyl sites for hydroxylation is 1. The molecular formula is C22H18ClN3O5. The molecule has 158 valence electrons. The van der Waals surface area contributed by atoms with Crippen molar-refractivity contribution in [3.8, 4) is 0 Å². The molecule has 1 aromatic heterocycles. The number of aromatic nitrogens is 1. The number of pyridine rings is 1. The fourth-order valence-corrected chi connectivity index (χ4v) is 3.94. The molecule has 1 heterocycles. The van der Waals surface area contributed by atoms with Gasteiger partial charge in [0.1, 0.15) is 0 Å². The topological polar surface area (TPSA) is 111 Å². The van der Waals surface area contributed by atoms with Crippen LogP contribution in [0.5, 0.6) is 0 Å². The van der Waals surface area contributed by atoms with Crippen LogP contribution in [0.1, 0.15) is 34.5 Å². The van der Waals surface area contributed by atoms with Gasteiger partial charge in [0.15, 0.2) is 6.61 Å². The molecule has 0 saturated heterocycles. The van der Waals surface area contributed by atoms with Crippen LogP contribution in [0, 0.1) is 10.1 Å². The highest BCUT2D eigenvalue weighted by Crippen LogP contribution is 2.30. The number of rotatable bonds is 5. The maximum Gasteiger partial charge on any atom is 0.339 e. The summed E-state index contributed by atoms with van der Waals surface area (Å²) in [7, 11) is 0. The van der Waals surface area contributed by atoms with Crippen LogP contribution in [-0.2, 0) is 22.4 Å². The molecule has 1 N–H and O–H groups in total. The zero-order chi connectivity index (χ0) is 22.0. The van der Waals surface area contributed by atoms with Crippen LogP contribution in [0.4, 0.5) is 11.4 Å². The van der Waals surface area contributed by atoms with E-state index in [1.54, 1.807) is 0 Å². The summed E-state index contributed by atoms with van der Waals surface area (Å²) in [4.78, 5) is 40.1. The third-order valence-electron chi connectivity index (χ3n) is 5.15. The Bertz CT molecular complexity index is 1210. The number of nitrogens with zero attached hydrogens (tertiary/aromatic N) is 2. The summed E-state index contributed by atoms with van der Waals surface area (Å²) < 4.78 is 5.31. The van der Waals surface area contributed by atoms with E-state index in [1.807, 2.05) is 24.3 Å². The van der Waals surface area contributed by atoms with E-state index >= 15 is 0 Å². The molecule has 0 spiro atoms. The summed E-state index contributed by atoms with van der Waals surface area (Å²) in [5, 5.41) is 14.0. The van der Waals surface area contributed by atoms with E-state index in [-0.39, 0.29) is 16.4 Å². The van der Waals surface area contributed by atoms with Crippen molar-refractivity contribution in [3.05, 3.63) is 74.4 Å². The van der Waals surface area contributed by atoms with Crippen molar-refractivity contribution in [2.75, 3.05) is 11.9 Å². The number of nitrogens with one attached hydrogen (secondary N) is 1. The number of hydrogen-bond donors (Lipinski definition) is 1. The lowest BCUT2D eigenvalue weighted by Gasteiger charge is -2.20. The standard InChI is InChI=1S/C22H18ClN3O5/c23-16-11-13(26(29)30)9-10-19(16)25-20(27)12-31-22(28)21-14-5-1-3-7-17(14)24-18-8-4-2-6-15(18)21/h1,3,5,7,9-11H,2,4,6,8,12H2,(H,25,27). The number of nitro groups is 1. The molecule has 1 aliphatic carbocycles. The zero-order valence-electron chi connectivity index (χ0n) is 16.4. The molecule has 2 aromatic carbocycles. The van der Waals surface area contributed by atoms with Gasteiger partial charge in [-0.25, -0.2) is 4.79 Å². The molecule has 0 aliphatic heterocycles. The Labute approximate surface area is 182 Å². The number of anilines is 1. The van der Waals surface area contributed by atoms with Crippen molar-refractivity contribution < 1.29 is 19.2 Å². The number of halogens is 1. The predicted molar refractivity (Wildman–Crippen MR) is 115 cm³/mol. The van der Waals surface area contributed by atoms with Gasteiger partial charge in [0.25, 0.3) is 11.6 Å². The first-order valence-corrected chi connectivity index (χ1v) is 10.1. The molecule has 0 saturated carbocycles. The predicted octanol–water partition coefficient (Wildman–Crippen LogP) is 4.47. The highest BCUT2D eigenvalue weighted by Gasteiger charge is 2.24. The summed E-state index contributed by atoms with van der Waals surface area (Å²) in [6.07, 6.45) is 3.53. The molecule has 0 bridgehead atoms. The minimum Gasteiger partial charge on any atom is -0.452 e. The molecular weight excluding hydrogens is 422 g/mol. The zero-order valence-corrected chi connectivity index (χ0v) is 17.1. The van der Waals surface area contributed by atoms with E-state index in [0.29, 0.717) is 10.9 Å². The maximum atomic E-state index is 12.9. The third kappa shape index (κ3) is 4.34. The fourth-order valence-electron chi connectivity index (χ4n) is 3.71. The number of fused-ring (bicyclic) bond motifs is 2. The number of carbonyl (C=O) groups is 2. The van der Waals surface area contributed by atoms with Crippen LogP contribution >= 0.6 is 11.6 Å². The van der Waals surface area contributed by atoms with Crippen molar-refractivity contribution in [2.45, 2.75) is 25.7 Å². The summed E-state index contributed by atoms with van der Waals surface area (Å²) in [5.74, 6) is -1.18. The second kappa shape index (κ2) is 8.69. The average Bonchev–Trinajstić information content (AvgIpc) is 2.77. The van der Waals surface area contributed by atoms with Gasteiger partial charge in [0.2, 0.25) is 0 Å². The van der Waals surface area contributed by atoms with E-state index in [2.05, 4.69) is 10.3 Å². The number of nitro benzene ring substituents is 1. The highest BCUT2D eigenvalue weighted by molar-refractivity contribution is 6.34. The molecule has 1 amide bonds. The van der Waals surface area contributed by atoms with Gasteiger partial charge in [-0.05, 0) is 43.4 Å². The number of esters is 1. The number of para-hydroxylation sites is 1. The van der Waals surface area contributed by atoms with Crippen molar-refractivity contribution >= 4 is 45.8 Å². The molecule has 0 fully saturated rings. The first-order valence-electron chi connectivity index (χ1n) is 9.75. The van der Waals surface area contributed by atoms with Crippen LogP contribution in [0.3, 0.4) is 0 Å². The van der Waals surface area contributed by atoms with E-state index in [9.17, 15) is 19.7 Å². The number of ether oxygens (including phenoxy) is 1. The van der Waals surface area contributed by atoms with E-state index in [0.717, 1.165) is 48.5 Å². The fraction of sp³-hybridized carbons (Fsp3) is 0.227. The maximum absolute atomic E-state index is 12.9. The minimum absolute atomic E-state index is 0.0167. The second-order valence-electron chi connectivity index (χ2n) is 7.18. The van der Waals surface area contributed by atoms with E-state index in [1.165, 1.54) is 12.1 Å². The number of hydrogen-bond acceptors (Lipinski definition) is 6. The quantitative estimate of drug-likeness (QED) is 0.356. The van der Waals surface area contributed by atoms with Gasteiger partial charge in [0, 0.05) is 23.2 Å². The first-order chi connectivity index (χ1) is 14.9. The van der Waals surface area contributed by atoms with Crippen LogP contribution in [0.15, 0.2) is 42.5 Å². The van der Waals surface area contributed by atoms with Crippen molar-refractivity contribution in [1.29, 1.82) is 0 Å². The Kier molecular flexibility index (Phi) is 5.81. The highest BCUT2D eigenvalue weighted by atomic mass is 35.5. The Morgan fingerprint density at radius 1 is 1.16 bits per heavy atom. The average molecular weight is 440 g/mol. The minimum atomic E-state index is -0.601. The van der Waals surface area contributed by atoms with E-state index < -0.39 is 23.4 Å². The molecule has 8 nitrogen and oxygen atoms in total. The van der Waals surface area contributed by atoms with Gasteiger partial charge in [0.05, 0.1) is 26.7 Å². The van der Waals surface area contributed by atoms with Gasteiger partial charge in [-0.15, -0.1) is 0 Å². The normalized spacial score (nSPS) is 12.8. The van der Waals surface area contributed by atoms with Crippen molar-refractivity contribution in [3.63, 3.8) is 0 Å². The van der Waals surface area contributed by atoms with Gasteiger partial charge >= 0.3 is 5.97 Å². The van der Waals surface area contributed by atoms with Gasteiger partial charge < -0.3 is 10.1 Å². The molecule has 1 aliphatic rings. The Morgan fingerprint density at radius 3 is 2.71 bits per heavy atom. The Morgan fingerprint density at radius 2 is 1.94 bits per heavy atom. The van der Waals surface area contributed by atoms with Gasteiger partial charge in [-0.1, -0.05) is 29.8 Å².